The van der Waals surface area contributed by atoms with Gasteiger partial charge < -0.3 is 29.2 Å². The molecule has 0 radical (unpaired) electrons. The van der Waals surface area contributed by atoms with Gasteiger partial charge in [-0.15, -0.1) is 0 Å². The fourth-order valence-corrected chi connectivity index (χ4v) is 6.46. The molecule has 1 N–H and O–H groups in total. The van der Waals surface area contributed by atoms with Gasteiger partial charge in [0.1, 0.15) is 12.9 Å². The number of fused-ring (bicyclic) bond motifs is 2. The first-order chi connectivity index (χ1) is 22.9. The number of hydrogen-bond acceptors (Lipinski definition) is 7. The Kier molecular flexibility index (Phi) is 15.2. The summed E-state index contributed by atoms with van der Waals surface area (Å²) in [5.41, 5.74) is 6.42. The van der Waals surface area contributed by atoms with E-state index >= 15 is 0 Å². The van der Waals surface area contributed by atoms with Gasteiger partial charge in [-0.1, -0.05) is 30.2 Å². The maximum Gasteiger partial charge on any atom is 0.410 e. The topological polar surface area (TPSA) is 92.6 Å². The second-order valence-electron chi connectivity index (χ2n) is 13.0. The smallest absolute Gasteiger partial charge is 0.410 e. The molecule has 0 spiro atoms. The van der Waals surface area contributed by atoms with Crippen LogP contribution in [0.15, 0.2) is 49.1 Å². The van der Waals surface area contributed by atoms with Crippen LogP contribution in [0.5, 0.6) is 0 Å². The van der Waals surface area contributed by atoms with Gasteiger partial charge in [-0.3, -0.25) is 4.98 Å². The molecule has 2 saturated carbocycles. The summed E-state index contributed by atoms with van der Waals surface area (Å²) in [4.78, 5) is 32.7. The average Bonchev–Trinajstić information content (AvgIpc) is 3.86. The van der Waals surface area contributed by atoms with Crippen molar-refractivity contribution < 1.29 is 14.3 Å². The second-order valence-corrected chi connectivity index (χ2v) is 13.5. The van der Waals surface area contributed by atoms with Crippen LogP contribution in [0.3, 0.4) is 0 Å². The Bertz CT molecular complexity index is 1370. The van der Waals surface area contributed by atoms with Crippen LogP contribution in [-0.4, -0.2) is 89.6 Å². The minimum atomic E-state index is -0.108. The summed E-state index contributed by atoms with van der Waals surface area (Å²) in [6.45, 7) is 10.8. The number of imidazole rings is 1. The monoisotopic (exact) mass is 664 g/mol. The number of piperazine rings is 1. The van der Waals surface area contributed by atoms with E-state index in [1.165, 1.54) is 61.0 Å². The van der Waals surface area contributed by atoms with Crippen LogP contribution in [-0.2, 0) is 35.3 Å². The highest BCUT2D eigenvalue weighted by atomic mass is 35.5. The molecule has 9 nitrogen and oxygen atoms in total. The Morgan fingerprint density at radius 3 is 2.47 bits per heavy atom. The van der Waals surface area contributed by atoms with Crippen molar-refractivity contribution in [1.82, 2.24) is 29.7 Å². The first kappa shape index (κ1) is 36.6. The van der Waals surface area contributed by atoms with Crippen molar-refractivity contribution in [2.24, 2.45) is 5.92 Å². The minimum absolute atomic E-state index is 0.108. The number of aryl methyl sites for hydroxylation is 3. The largest absolute Gasteiger partial charge is 0.446 e. The number of hydrogen-bond donors (Lipinski definition) is 1. The first-order valence-corrected chi connectivity index (χ1v) is 17.6. The summed E-state index contributed by atoms with van der Waals surface area (Å²) in [6, 6.07) is 10.4. The van der Waals surface area contributed by atoms with Gasteiger partial charge in [-0.2, -0.15) is 0 Å². The van der Waals surface area contributed by atoms with Gasteiger partial charge in [0.05, 0.1) is 12.0 Å². The summed E-state index contributed by atoms with van der Waals surface area (Å²) >= 11 is 6.03. The normalized spacial score (nSPS) is 17.3. The minimum Gasteiger partial charge on any atom is -0.446 e. The van der Waals surface area contributed by atoms with Crippen LogP contribution in [0.25, 0.3) is 0 Å². The molecular formula is C37H53ClN6O3. The van der Waals surface area contributed by atoms with E-state index in [2.05, 4.69) is 56.2 Å². The quantitative estimate of drug-likeness (QED) is 0.339. The number of halogens is 1. The highest BCUT2D eigenvalue weighted by Crippen LogP contribution is 2.29. The van der Waals surface area contributed by atoms with E-state index in [1.807, 2.05) is 43.3 Å². The molecule has 4 aliphatic rings. The van der Waals surface area contributed by atoms with Crippen LogP contribution in [0.1, 0.15) is 73.0 Å². The number of aromatic nitrogens is 3. The molecule has 1 aliphatic heterocycles. The summed E-state index contributed by atoms with van der Waals surface area (Å²) in [7, 11) is 2.21. The van der Waals surface area contributed by atoms with Crippen LogP contribution < -0.4 is 5.32 Å². The third-order valence-electron chi connectivity index (χ3n) is 9.14. The molecule has 3 fully saturated rings. The number of nitrogens with one attached hydrogen (secondary N) is 1. The first-order valence-electron chi connectivity index (χ1n) is 17.2. The van der Waals surface area contributed by atoms with E-state index in [-0.39, 0.29) is 12.2 Å². The molecule has 3 aliphatic carbocycles. The molecule has 3 heterocycles. The Morgan fingerprint density at radius 2 is 1.77 bits per heavy atom. The summed E-state index contributed by atoms with van der Waals surface area (Å²) in [5, 5.41) is 4.05. The Balaban J connectivity index is 0.000000156. The van der Waals surface area contributed by atoms with Crippen LogP contribution >= 0.6 is 11.6 Å². The maximum absolute atomic E-state index is 11.7. The van der Waals surface area contributed by atoms with Gasteiger partial charge in [-0.25, -0.2) is 9.78 Å². The highest BCUT2D eigenvalue weighted by Gasteiger charge is 2.23. The number of nitrogens with zero attached hydrogens (tertiary/aromatic N) is 5. The zero-order valence-corrected chi connectivity index (χ0v) is 29.1. The number of likely N-dealkylation sites (N-methyl/N-ethyl adjacent to an activating group) is 1. The molecular weight excluding hydrogens is 612 g/mol. The highest BCUT2D eigenvalue weighted by molar-refractivity contribution is 6.30. The summed E-state index contributed by atoms with van der Waals surface area (Å²) in [5.74, 6) is 0.990. The number of pyridine rings is 1. The third kappa shape index (κ3) is 12.7. The van der Waals surface area contributed by atoms with Gasteiger partial charge in [0.25, 0.3) is 0 Å². The molecule has 10 heteroatoms. The Morgan fingerprint density at radius 1 is 1.02 bits per heavy atom. The van der Waals surface area contributed by atoms with Gasteiger partial charge in [0, 0.05) is 75.3 Å². The fourth-order valence-electron chi connectivity index (χ4n) is 6.27. The van der Waals surface area contributed by atoms with Crippen LogP contribution in [0.4, 0.5) is 4.79 Å². The van der Waals surface area contributed by atoms with Crippen molar-refractivity contribution >= 4 is 24.5 Å². The number of amides is 1. The van der Waals surface area contributed by atoms with E-state index in [1.54, 1.807) is 0 Å². The molecule has 47 heavy (non-hydrogen) atoms. The molecule has 256 valence electrons. The number of carbonyl (C=O) groups is 2. The van der Waals surface area contributed by atoms with E-state index in [4.69, 9.17) is 21.1 Å². The number of carbonyl (C=O) groups excluding carboxylic acids is 2. The molecule has 3 aromatic rings. The number of benzene rings is 1. The van der Waals surface area contributed by atoms with Gasteiger partial charge in [0.2, 0.25) is 0 Å². The number of rotatable bonds is 6. The second kappa shape index (κ2) is 19.5. The van der Waals surface area contributed by atoms with E-state index < -0.39 is 0 Å². The van der Waals surface area contributed by atoms with Crippen molar-refractivity contribution in [3.63, 3.8) is 0 Å². The SMILES string of the molecule is C=O.Cc1cn(CCN(C)CC2CC2)cn1.Clc1ccc2c(c1)CCc1cccnc1C2.O=C(OC1CCCCC1)N1CCNCC1. The molecule has 7 rings (SSSR count). The van der Waals surface area contributed by atoms with Crippen molar-refractivity contribution in [2.45, 2.75) is 83.8 Å². The summed E-state index contributed by atoms with van der Waals surface area (Å²) in [6.07, 6.45) is 17.7. The molecule has 1 amide bonds. The van der Waals surface area contributed by atoms with Crippen molar-refractivity contribution in [1.29, 1.82) is 0 Å². The fraction of sp³-hybridized carbons (Fsp3) is 0.568. The maximum atomic E-state index is 11.7. The molecule has 2 aromatic heterocycles. The lowest BCUT2D eigenvalue weighted by Crippen LogP contribution is -2.47. The predicted molar refractivity (Wildman–Crippen MR) is 188 cm³/mol. The Hall–Kier alpha value is -3.27. The van der Waals surface area contributed by atoms with Gasteiger partial charge >= 0.3 is 6.09 Å². The van der Waals surface area contributed by atoms with Crippen molar-refractivity contribution in [3.05, 3.63) is 82.2 Å². The predicted octanol–water partition coefficient (Wildman–Crippen LogP) is 6.13. The molecule has 0 bridgehead atoms. The zero-order valence-electron chi connectivity index (χ0n) is 28.3. The Labute approximate surface area is 286 Å². The van der Waals surface area contributed by atoms with Gasteiger partial charge in [0.15, 0.2) is 0 Å². The van der Waals surface area contributed by atoms with E-state index in [0.29, 0.717) is 0 Å². The van der Waals surface area contributed by atoms with Crippen molar-refractivity contribution in [2.75, 3.05) is 46.3 Å². The van der Waals surface area contributed by atoms with Crippen LogP contribution in [0.2, 0.25) is 5.02 Å². The van der Waals surface area contributed by atoms with E-state index in [9.17, 15) is 4.79 Å². The van der Waals surface area contributed by atoms with Crippen molar-refractivity contribution in [3.8, 4) is 0 Å². The zero-order chi connectivity index (χ0) is 33.4. The lowest BCUT2D eigenvalue weighted by atomic mass is 9.98. The third-order valence-corrected chi connectivity index (χ3v) is 9.37. The standard InChI is InChI=1S/C14H12ClN.C11H19N3.C11H20N2O2.CH2O/c15-13-6-5-12-9-14-10(2-1-7-16-14)3-4-11(12)8-13;1-10-7-14(9-12-10)6-5-13(2)8-11-3-4-11;14-11(13-8-6-12-7-9-13)15-10-4-2-1-3-5-10;1-2/h1-2,5-8H,3-4,9H2;7,9,11H,3-6,8H2,1-2H3;10,12H,1-9H2;1H2. The number of ether oxygens (including phenoxy) is 1. The molecule has 0 unspecified atom stereocenters. The average molecular weight is 665 g/mol. The lowest BCUT2D eigenvalue weighted by molar-refractivity contribution is -0.0980. The molecule has 1 saturated heterocycles. The lowest BCUT2D eigenvalue weighted by Gasteiger charge is -2.29. The molecule has 0 atom stereocenters. The van der Waals surface area contributed by atoms with Gasteiger partial charge in [-0.05, 0) is 106 Å². The van der Waals surface area contributed by atoms with Crippen LogP contribution in [0, 0.1) is 12.8 Å². The molecule has 1 aromatic carbocycles. The summed E-state index contributed by atoms with van der Waals surface area (Å²) < 4.78 is 7.66. The van der Waals surface area contributed by atoms with E-state index in [0.717, 1.165) is 88.0 Å².